The Labute approximate surface area is 221 Å². The summed E-state index contributed by atoms with van der Waals surface area (Å²) in [5.74, 6) is 0.0705. The zero-order valence-electron chi connectivity index (χ0n) is 22.0. The van der Waals surface area contributed by atoms with Gasteiger partial charge in [0.25, 0.3) is 0 Å². The number of aryl methyl sites for hydroxylation is 1. The van der Waals surface area contributed by atoms with E-state index in [1.54, 1.807) is 19.0 Å². The molecule has 0 aliphatic rings. The third kappa shape index (κ3) is 6.57. The van der Waals surface area contributed by atoms with Crippen LogP contribution in [-0.4, -0.2) is 44.3 Å². The Morgan fingerprint density at radius 2 is 1.73 bits per heavy atom. The number of carbonyl (C=O) groups excluding carboxylic acids is 1. The molecule has 4 aromatic rings. The van der Waals surface area contributed by atoms with Crippen LogP contribution in [-0.2, 0) is 29.0 Å². The summed E-state index contributed by atoms with van der Waals surface area (Å²) >= 11 is -1.32. The standard InChI is InChI=1S/C29H34N4O3S/c1-29(2,3)37(35)32-25(19-21-12-10-11-20(30-21)17-18-27(34)33(4)5)22-13-6-7-14-23(22)28-24-15-8-9-16-26(24)36-31-28/h6-16,25,32H,17-19H2,1-5H3/t25-,37-/m0/s1. The van der Waals surface area contributed by atoms with Crippen LogP contribution in [0.1, 0.15) is 50.2 Å². The van der Waals surface area contributed by atoms with Gasteiger partial charge in [0.05, 0.1) is 6.04 Å². The lowest BCUT2D eigenvalue weighted by molar-refractivity contribution is -0.128. The molecular weight excluding hydrogens is 484 g/mol. The summed E-state index contributed by atoms with van der Waals surface area (Å²) in [6.07, 6.45) is 1.49. The third-order valence-electron chi connectivity index (χ3n) is 6.15. The summed E-state index contributed by atoms with van der Waals surface area (Å²) < 4.78 is 21.8. The van der Waals surface area contributed by atoms with Crippen molar-refractivity contribution in [3.63, 3.8) is 0 Å². The number of para-hydroxylation sites is 1. The van der Waals surface area contributed by atoms with E-state index in [0.29, 0.717) is 19.3 Å². The van der Waals surface area contributed by atoms with Crippen molar-refractivity contribution in [1.29, 1.82) is 0 Å². The molecule has 2 aromatic carbocycles. The molecule has 0 unspecified atom stereocenters. The molecule has 0 bridgehead atoms. The Morgan fingerprint density at radius 3 is 2.49 bits per heavy atom. The number of nitrogens with one attached hydrogen (secondary N) is 1. The molecule has 2 aromatic heterocycles. The van der Waals surface area contributed by atoms with E-state index in [1.807, 2.05) is 87.5 Å². The highest BCUT2D eigenvalue weighted by molar-refractivity contribution is 7.90. The molecule has 0 spiro atoms. The van der Waals surface area contributed by atoms with Crippen LogP contribution in [0.25, 0.3) is 22.2 Å². The van der Waals surface area contributed by atoms with Gasteiger partial charge in [0.15, 0.2) is 5.58 Å². The minimum absolute atomic E-state index is 0.0705. The highest BCUT2D eigenvalue weighted by atomic mass is 32.2. The smallest absolute Gasteiger partial charge is 0.222 e. The van der Waals surface area contributed by atoms with Gasteiger partial charge in [0.1, 0.15) is 10.4 Å². The third-order valence-corrected chi connectivity index (χ3v) is 7.76. The van der Waals surface area contributed by atoms with Gasteiger partial charge in [-0.1, -0.05) is 47.6 Å². The predicted octanol–water partition coefficient (Wildman–Crippen LogP) is 5.25. The lowest BCUT2D eigenvalue weighted by Crippen LogP contribution is -2.42. The summed E-state index contributed by atoms with van der Waals surface area (Å²) in [4.78, 5) is 18.5. The number of benzene rings is 2. The van der Waals surface area contributed by atoms with Crippen LogP contribution in [0.5, 0.6) is 0 Å². The molecule has 0 saturated heterocycles. The first kappa shape index (κ1) is 26.9. The molecule has 2 heterocycles. The molecule has 37 heavy (non-hydrogen) atoms. The Balaban J connectivity index is 1.69. The summed E-state index contributed by atoms with van der Waals surface area (Å²) in [6.45, 7) is 5.85. The number of carbonyl (C=O) groups is 1. The van der Waals surface area contributed by atoms with Crippen LogP contribution >= 0.6 is 0 Å². The fourth-order valence-electron chi connectivity index (χ4n) is 4.07. The summed E-state index contributed by atoms with van der Waals surface area (Å²) in [6, 6.07) is 21.4. The number of hydrogen-bond acceptors (Lipinski definition) is 6. The summed E-state index contributed by atoms with van der Waals surface area (Å²) in [7, 11) is 3.51. The van der Waals surface area contributed by atoms with Crippen molar-refractivity contribution in [2.75, 3.05) is 14.1 Å². The second kappa shape index (κ2) is 11.5. The van der Waals surface area contributed by atoms with Crippen LogP contribution in [0.3, 0.4) is 0 Å². The SMILES string of the molecule is CN(C)C(=O)CCc1cccc(C[C@H](N[S@@+]([O-])C(C)(C)C)c2ccccc2-c2noc3ccccc23)n1. The van der Waals surface area contributed by atoms with E-state index in [-0.39, 0.29) is 11.9 Å². The predicted molar refractivity (Wildman–Crippen MR) is 148 cm³/mol. The summed E-state index contributed by atoms with van der Waals surface area (Å²) in [5.41, 5.74) is 5.08. The van der Waals surface area contributed by atoms with Crippen molar-refractivity contribution in [2.45, 2.75) is 50.8 Å². The van der Waals surface area contributed by atoms with E-state index in [1.165, 1.54) is 0 Å². The number of aromatic nitrogens is 2. The fraction of sp³-hybridized carbons (Fsp3) is 0.345. The monoisotopic (exact) mass is 518 g/mol. The molecule has 0 fully saturated rings. The molecule has 0 aliphatic heterocycles. The molecule has 0 radical (unpaired) electrons. The van der Waals surface area contributed by atoms with Gasteiger partial charge in [-0.3, -0.25) is 9.78 Å². The van der Waals surface area contributed by atoms with Crippen LogP contribution in [0.4, 0.5) is 0 Å². The number of fused-ring (bicyclic) bond motifs is 1. The highest BCUT2D eigenvalue weighted by Gasteiger charge is 2.31. The van der Waals surface area contributed by atoms with E-state index in [2.05, 4.69) is 9.88 Å². The molecule has 1 amide bonds. The highest BCUT2D eigenvalue weighted by Crippen LogP contribution is 2.35. The van der Waals surface area contributed by atoms with Gasteiger partial charge in [-0.05, 0) is 57.0 Å². The number of amides is 1. The number of nitrogens with zero attached hydrogens (tertiary/aromatic N) is 3. The Morgan fingerprint density at radius 1 is 1.03 bits per heavy atom. The van der Waals surface area contributed by atoms with E-state index in [0.717, 1.165) is 39.2 Å². The minimum atomic E-state index is -1.32. The van der Waals surface area contributed by atoms with Crippen molar-refractivity contribution < 1.29 is 13.9 Å². The van der Waals surface area contributed by atoms with Crippen LogP contribution in [0, 0.1) is 0 Å². The lowest BCUT2D eigenvalue weighted by atomic mass is 9.94. The van der Waals surface area contributed by atoms with E-state index >= 15 is 0 Å². The van der Waals surface area contributed by atoms with Crippen molar-refractivity contribution in [1.82, 2.24) is 19.8 Å². The Kier molecular flexibility index (Phi) is 8.32. The topological polar surface area (TPSA) is 94.3 Å². The number of hydrogen-bond donors (Lipinski definition) is 1. The van der Waals surface area contributed by atoms with E-state index < -0.39 is 16.1 Å². The first-order valence-corrected chi connectivity index (χ1v) is 13.5. The van der Waals surface area contributed by atoms with Crippen LogP contribution in [0.15, 0.2) is 71.3 Å². The van der Waals surface area contributed by atoms with E-state index in [9.17, 15) is 9.35 Å². The number of pyridine rings is 1. The normalized spacial score (nSPS) is 13.5. The van der Waals surface area contributed by atoms with Crippen LogP contribution < -0.4 is 4.72 Å². The van der Waals surface area contributed by atoms with Crippen molar-refractivity contribution in [3.8, 4) is 11.3 Å². The molecule has 0 saturated carbocycles. The van der Waals surface area contributed by atoms with Gasteiger partial charge in [-0.2, -0.15) is 0 Å². The average Bonchev–Trinajstić information content (AvgIpc) is 3.30. The second-order valence-corrected chi connectivity index (χ2v) is 12.3. The Bertz CT molecular complexity index is 1360. The maximum atomic E-state index is 13.3. The zero-order valence-corrected chi connectivity index (χ0v) is 22.8. The van der Waals surface area contributed by atoms with Crippen molar-refractivity contribution in [2.24, 2.45) is 0 Å². The largest absolute Gasteiger partial charge is 0.598 e. The van der Waals surface area contributed by atoms with Gasteiger partial charge in [-0.25, -0.2) is 0 Å². The second-order valence-electron chi connectivity index (χ2n) is 10.3. The van der Waals surface area contributed by atoms with Gasteiger partial charge in [0, 0.05) is 60.6 Å². The van der Waals surface area contributed by atoms with Gasteiger partial charge in [0.2, 0.25) is 5.91 Å². The van der Waals surface area contributed by atoms with Gasteiger partial charge >= 0.3 is 0 Å². The molecule has 194 valence electrons. The molecule has 1 N–H and O–H groups in total. The molecule has 2 atom stereocenters. The van der Waals surface area contributed by atoms with Gasteiger partial charge < -0.3 is 14.0 Å². The molecule has 7 nitrogen and oxygen atoms in total. The van der Waals surface area contributed by atoms with Crippen molar-refractivity contribution in [3.05, 3.63) is 83.7 Å². The zero-order chi connectivity index (χ0) is 26.6. The first-order valence-electron chi connectivity index (χ1n) is 12.4. The molecule has 4 rings (SSSR count). The Hall–Kier alpha value is -3.20. The average molecular weight is 519 g/mol. The maximum absolute atomic E-state index is 13.3. The van der Waals surface area contributed by atoms with Gasteiger partial charge in [-0.15, -0.1) is 4.72 Å². The minimum Gasteiger partial charge on any atom is -0.598 e. The lowest BCUT2D eigenvalue weighted by Gasteiger charge is -2.29. The van der Waals surface area contributed by atoms with Crippen LogP contribution in [0.2, 0.25) is 0 Å². The van der Waals surface area contributed by atoms with E-state index in [4.69, 9.17) is 9.51 Å². The first-order chi connectivity index (χ1) is 17.6. The fourth-order valence-corrected chi connectivity index (χ4v) is 4.89. The molecule has 8 heteroatoms. The summed E-state index contributed by atoms with van der Waals surface area (Å²) in [5, 5.41) is 5.31. The molecular formula is C29H34N4O3S. The van der Waals surface area contributed by atoms with Crippen molar-refractivity contribution >= 4 is 28.2 Å². The maximum Gasteiger partial charge on any atom is 0.222 e. The quantitative estimate of drug-likeness (QED) is 0.304. The number of rotatable bonds is 9. The molecule has 0 aliphatic carbocycles.